The molecule has 0 bridgehead atoms. The van der Waals surface area contributed by atoms with Crippen LogP contribution < -0.4 is 5.32 Å². The van der Waals surface area contributed by atoms with Gasteiger partial charge in [0.05, 0.1) is 6.54 Å². The van der Waals surface area contributed by atoms with Crippen molar-refractivity contribution in [3.8, 4) is 0 Å². The zero-order valence-electron chi connectivity index (χ0n) is 7.18. The molecule has 0 aromatic carbocycles. The summed E-state index contributed by atoms with van der Waals surface area (Å²) in [4.78, 5) is 20.7. The van der Waals surface area contributed by atoms with Gasteiger partial charge in [-0.1, -0.05) is 25.9 Å². The summed E-state index contributed by atoms with van der Waals surface area (Å²) in [5, 5.41) is 5.22. The van der Waals surface area contributed by atoms with E-state index in [9.17, 15) is 9.70 Å². The van der Waals surface area contributed by atoms with Gasteiger partial charge in [-0.2, -0.15) is 4.91 Å². The van der Waals surface area contributed by atoms with Gasteiger partial charge in [-0.25, -0.2) is 0 Å². The number of amides is 1. The third kappa shape index (κ3) is 4.47. The van der Waals surface area contributed by atoms with Crippen molar-refractivity contribution in [2.24, 2.45) is 10.6 Å². The van der Waals surface area contributed by atoms with Crippen molar-refractivity contribution in [1.29, 1.82) is 0 Å². The molecule has 0 unspecified atom stereocenters. The van der Waals surface area contributed by atoms with Crippen LogP contribution in [0.5, 0.6) is 0 Å². The average molecular weight is 158 g/mol. The second-order valence-corrected chi connectivity index (χ2v) is 3.36. The van der Waals surface area contributed by atoms with Gasteiger partial charge < -0.3 is 5.32 Å². The standard InChI is InChI=1S/C7H14N2O2/c1-7(2,3)6(10)8-4-5-9-11/h4-5H2,1-3H3,(H,8,10). The molecule has 0 aromatic heterocycles. The maximum Gasteiger partial charge on any atom is 0.225 e. The fraction of sp³-hybridized carbons (Fsp3) is 0.857. The van der Waals surface area contributed by atoms with Gasteiger partial charge >= 0.3 is 0 Å². The first-order valence-electron chi connectivity index (χ1n) is 3.56. The number of nitrogens with one attached hydrogen (secondary N) is 1. The van der Waals surface area contributed by atoms with Crippen LogP contribution in [0.4, 0.5) is 0 Å². The molecule has 0 radical (unpaired) electrons. The Bertz CT molecular complexity index is 149. The molecular formula is C7H14N2O2. The highest BCUT2D eigenvalue weighted by Gasteiger charge is 2.19. The van der Waals surface area contributed by atoms with E-state index >= 15 is 0 Å². The monoisotopic (exact) mass is 158 g/mol. The lowest BCUT2D eigenvalue weighted by Crippen LogP contribution is -2.36. The molecule has 0 heterocycles. The lowest BCUT2D eigenvalue weighted by Gasteiger charge is -2.16. The van der Waals surface area contributed by atoms with E-state index in [1.807, 2.05) is 20.8 Å². The van der Waals surface area contributed by atoms with E-state index in [-0.39, 0.29) is 17.9 Å². The van der Waals surface area contributed by atoms with Crippen molar-refractivity contribution in [1.82, 2.24) is 5.32 Å². The number of nitrogens with zero attached hydrogens (tertiary/aromatic N) is 1. The first kappa shape index (κ1) is 10.1. The quantitative estimate of drug-likeness (QED) is 0.490. The maximum atomic E-state index is 11.1. The average Bonchev–Trinajstić information content (AvgIpc) is 1.86. The minimum Gasteiger partial charge on any atom is -0.354 e. The molecule has 0 aliphatic heterocycles. The van der Waals surface area contributed by atoms with Crippen molar-refractivity contribution >= 4 is 5.91 Å². The van der Waals surface area contributed by atoms with Crippen LogP contribution in [-0.4, -0.2) is 19.0 Å². The smallest absolute Gasteiger partial charge is 0.225 e. The van der Waals surface area contributed by atoms with E-state index in [1.54, 1.807) is 0 Å². The van der Waals surface area contributed by atoms with E-state index < -0.39 is 0 Å². The van der Waals surface area contributed by atoms with E-state index in [0.717, 1.165) is 0 Å². The number of hydrogen-bond donors (Lipinski definition) is 1. The molecule has 1 amide bonds. The van der Waals surface area contributed by atoms with Gasteiger partial charge in [-0.3, -0.25) is 4.79 Å². The lowest BCUT2D eigenvalue weighted by atomic mass is 9.96. The number of carbonyl (C=O) groups is 1. The highest BCUT2D eigenvalue weighted by atomic mass is 16.3. The second-order valence-electron chi connectivity index (χ2n) is 3.36. The van der Waals surface area contributed by atoms with Crippen molar-refractivity contribution in [3.05, 3.63) is 4.91 Å². The van der Waals surface area contributed by atoms with Gasteiger partial charge in [-0.05, 0) is 0 Å². The topological polar surface area (TPSA) is 58.5 Å². The molecule has 0 saturated carbocycles. The Kier molecular flexibility index (Phi) is 3.71. The fourth-order valence-corrected chi connectivity index (χ4v) is 0.480. The van der Waals surface area contributed by atoms with Crippen LogP contribution in [-0.2, 0) is 4.79 Å². The minimum atomic E-state index is -0.386. The molecule has 0 aliphatic rings. The van der Waals surface area contributed by atoms with Crippen LogP contribution in [0.15, 0.2) is 5.18 Å². The maximum absolute atomic E-state index is 11.1. The SMILES string of the molecule is CC(C)(C)C(=O)NCCN=O. The Hall–Kier alpha value is -0.930. The largest absolute Gasteiger partial charge is 0.354 e. The molecule has 1 N–H and O–H groups in total. The van der Waals surface area contributed by atoms with Crippen molar-refractivity contribution in [2.75, 3.05) is 13.1 Å². The third-order valence-corrected chi connectivity index (χ3v) is 1.17. The number of rotatable bonds is 3. The van der Waals surface area contributed by atoms with Crippen LogP contribution in [0, 0.1) is 10.3 Å². The summed E-state index contributed by atoms with van der Waals surface area (Å²) in [6.45, 7) is 5.92. The normalized spacial score (nSPS) is 10.8. The molecule has 4 heteroatoms. The minimum absolute atomic E-state index is 0.0545. The number of nitroso groups, excluding NO2 is 1. The molecule has 0 rings (SSSR count). The van der Waals surface area contributed by atoms with Crippen LogP contribution in [0.3, 0.4) is 0 Å². The Morgan fingerprint density at radius 1 is 1.45 bits per heavy atom. The molecule has 0 saturated heterocycles. The molecule has 0 atom stereocenters. The number of carbonyl (C=O) groups excluding carboxylic acids is 1. The van der Waals surface area contributed by atoms with Crippen molar-refractivity contribution in [3.63, 3.8) is 0 Å². The summed E-state index contributed by atoms with van der Waals surface area (Å²) in [6.07, 6.45) is 0. The Morgan fingerprint density at radius 3 is 2.36 bits per heavy atom. The zero-order valence-corrected chi connectivity index (χ0v) is 7.18. The third-order valence-electron chi connectivity index (χ3n) is 1.17. The predicted molar refractivity (Wildman–Crippen MR) is 43.1 cm³/mol. The molecule has 0 spiro atoms. The zero-order chi connectivity index (χ0) is 8.91. The van der Waals surface area contributed by atoms with E-state index in [4.69, 9.17) is 0 Å². The Morgan fingerprint density at radius 2 is 2.00 bits per heavy atom. The van der Waals surface area contributed by atoms with Crippen molar-refractivity contribution < 1.29 is 4.79 Å². The summed E-state index contributed by atoms with van der Waals surface area (Å²) in [6, 6.07) is 0. The summed E-state index contributed by atoms with van der Waals surface area (Å²) in [5.41, 5.74) is -0.386. The van der Waals surface area contributed by atoms with Gasteiger partial charge in [-0.15, -0.1) is 0 Å². The summed E-state index contributed by atoms with van der Waals surface area (Å²) >= 11 is 0. The Labute approximate surface area is 66.3 Å². The van der Waals surface area contributed by atoms with Crippen LogP contribution in [0.2, 0.25) is 0 Å². The van der Waals surface area contributed by atoms with Gasteiger partial charge in [0.2, 0.25) is 5.91 Å². The predicted octanol–water partition coefficient (Wildman–Crippen LogP) is 0.915. The van der Waals surface area contributed by atoms with Gasteiger partial charge in [0.15, 0.2) is 0 Å². The molecule has 11 heavy (non-hydrogen) atoms. The van der Waals surface area contributed by atoms with Gasteiger partial charge in [0.1, 0.15) is 0 Å². The Balaban J connectivity index is 3.62. The van der Waals surface area contributed by atoms with E-state index in [2.05, 4.69) is 10.5 Å². The summed E-state index contributed by atoms with van der Waals surface area (Å²) in [7, 11) is 0. The molecule has 4 nitrogen and oxygen atoms in total. The summed E-state index contributed by atoms with van der Waals surface area (Å²) < 4.78 is 0. The van der Waals surface area contributed by atoms with E-state index in [0.29, 0.717) is 6.54 Å². The van der Waals surface area contributed by atoms with Crippen LogP contribution >= 0.6 is 0 Å². The van der Waals surface area contributed by atoms with Crippen LogP contribution in [0.1, 0.15) is 20.8 Å². The molecule has 64 valence electrons. The fourth-order valence-electron chi connectivity index (χ4n) is 0.480. The molecule has 0 aromatic rings. The van der Waals surface area contributed by atoms with Crippen LogP contribution in [0.25, 0.3) is 0 Å². The first-order valence-corrected chi connectivity index (χ1v) is 3.56. The second kappa shape index (κ2) is 4.05. The lowest BCUT2D eigenvalue weighted by molar-refractivity contribution is -0.128. The molecule has 0 fully saturated rings. The van der Waals surface area contributed by atoms with E-state index in [1.165, 1.54) is 0 Å². The van der Waals surface area contributed by atoms with Gasteiger partial charge in [0.25, 0.3) is 0 Å². The summed E-state index contributed by atoms with van der Waals surface area (Å²) in [5.74, 6) is -0.0545. The molecular weight excluding hydrogens is 144 g/mol. The highest BCUT2D eigenvalue weighted by Crippen LogP contribution is 2.11. The van der Waals surface area contributed by atoms with Gasteiger partial charge in [0, 0.05) is 12.0 Å². The highest BCUT2D eigenvalue weighted by molar-refractivity contribution is 5.81. The number of hydrogen-bond acceptors (Lipinski definition) is 3. The molecule has 0 aliphatic carbocycles. The van der Waals surface area contributed by atoms with Crippen molar-refractivity contribution in [2.45, 2.75) is 20.8 Å². The first-order chi connectivity index (χ1) is 4.98.